The summed E-state index contributed by atoms with van der Waals surface area (Å²) in [7, 11) is 1.39. The standard InChI is InChI=1S/C13H18ClFN2O2/c1-19-11-8-10(15)12(14)9(13(11)18)2-5-17-6-3-16-4-7-17/h8,16,18H,2-7H2,1H3. The smallest absolute Gasteiger partial charge is 0.163 e. The minimum Gasteiger partial charge on any atom is -0.504 e. The molecule has 1 aliphatic heterocycles. The van der Waals surface area contributed by atoms with E-state index in [0.717, 1.165) is 38.8 Å². The van der Waals surface area contributed by atoms with Crippen molar-refractivity contribution in [2.45, 2.75) is 6.42 Å². The molecule has 2 N–H and O–H groups in total. The molecular formula is C13H18ClFN2O2. The first-order valence-corrected chi connectivity index (χ1v) is 6.68. The summed E-state index contributed by atoms with van der Waals surface area (Å²) in [6.45, 7) is 4.54. The Morgan fingerprint density at radius 1 is 1.47 bits per heavy atom. The lowest BCUT2D eigenvalue weighted by atomic mass is 10.1. The number of aromatic hydroxyl groups is 1. The predicted molar refractivity (Wildman–Crippen MR) is 72.6 cm³/mol. The highest BCUT2D eigenvalue weighted by molar-refractivity contribution is 6.31. The van der Waals surface area contributed by atoms with E-state index in [-0.39, 0.29) is 16.5 Å². The molecule has 2 rings (SSSR count). The Balaban J connectivity index is 2.12. The van der Waals surface area contributed by atoms with E-state index < -0.39 is 5.82 Å². The van der Waals surface area contributed by atoms with Crippen LogP contribution in [0.2, 0.25) is 5.02 Å². The van der Waals surface area contributed by atoms with Crippen molar-refractivity contribution < 1.29 is 14.2 Å². The van der Waals surface area contributed by atoms with Crippen molar-refractivity contribution >= 4 is 11.6 Å². The molecule has 4 nitrogen and oxygen atoms in total. The number of hydrogen-bond donors (Lipinski definition) is 2. The van der Waals surface area contributed by atoms with E-state index >= 15 is 0 Å². The van der Waals surface area contributed by atoms with Crippen molar-refractivity contribution in [1.29, 1.82) is 0 Å². The molecule has 1 saturated heterocycles. The van der Waals surface area contributed by atoms with Crippen molar-refractivity contribution in [3.8, 4) is 11.5 Å². The second-order valence-corrected chi connectivity index (χ2v) is 4.92. The zero-order valence-electron chi connectivity index (χ0n) is 10.9. The van der Waals surface area contributed by atoms with Gasteiger partial charge in [-0.05, 0) is 6.42 Å². The Hall–Kier alpha value is -1.04. The fourth-order valence-electron chi connectivity index (χ4n) is 2.23. The summed E-state index contributed by atoms with van der Waals surface area (Å²) in [5, 5.41) is 13.3. The summed E-state index contributed by atoms with van der Waals surface area (Å²) in [6.07, 6.45) is 0.499. The lowest BCUT2D eigenvalue weighted by molar-refractivity contribution is 0.243. The Bertz CT molecular complexity index is 451. The van der Waals surface area contributed by atoms with Gasteiger partial charge in [-0.2, -0.15) is 0 Å². The van der Waals surface area contributed by atoms with E-state index in [1.54, 1.807) is 0 Å². The van der Waals surface area contributed by atoms with Crippen molar-refractivity contribution in [3.05, 3.63) is 22.5 Å². The van der Waals surface area contributed by atoms with Crippen LogP contribution in [-0.2, 0) is 6.42 Å². The molecule has 1 aromatic rings. The molecule has 0 spiro atoms. The van der Waals surface area contributed by atoms with Gasteiger partial charge in [0.05, 0.1) is 12.1 Å². The molecule has 19 heavy (non-hydrogen) atoms. The van der Waals surface area contributed by atoms with Gasteiger partial charge in [0.25, 0.3) is 0 Å². The predicted octanol–water partition coefficient (Wildman–Crippen LogP) is 1.64. The van der Waals surface area contributed by atoms with E-state index in [1.165, 1.54) is 7.11 Å². The first-order valence-electron chi connectivity index (χ1n) is 6.30. The van der Waals surface area contributed by atoms with Crippen LogP contribution >= 0.6 is 11.6 Å². The fourth-order valence-corrected chi connectivity index (χ4v) is 2.47. The maximum Gasteiger partial charge on any atom is 0.163 e. The molecule has 0 unspecified atom stereocenters. The summed E-state index contributed by atoms with van der Waals surface area (Å²) in [5.74, 6) is -0.507. The van der Waals surface area contributed by atoms with Gasteiger partial charge in [0.2, 0.25) is 0 Å². The minimum absolute atomic E-state index is 0.0200. The summed E-state index contributed by atoms with van der Waals surface area (Å²) < 4.78 is 18.6. The third-order valence-corrected chi connectivity index (χ3v) is 3.77. The van der Waals surface area contributed by atoms with E-state index in [1.807, 2.05) is 0 Å². The Kier molecular flexibility index (Phi) is 4.85. The quantitative estimate of drug-likeness (QED) is 0.884. The number of phenolic OH excluding ortho intramolecular Hbond substituents is 1. The van der Waals surface area contributed by atoms with Crippen molar-refractivity contribution in [2.24, 2.45) is 0 Å². The first-order chi connectivity index (χ1) is 9.13. The van der Waals surface area contributed by atoms with E-state index in [2.05, 4.69) is 10.2 Å². The number of piperazine rings is 1. The SMILES string of the molecule is COc1cc(F)c(Cl)c(CCN2CCNCC2)c1O. The molecule has 1 fully saturated rings. The molecule has 0 radical (unpaired) electrons. The lowest BCUT2D eigenvalue weighted by Crippen LogP contribution is -2.44. The molecular weight excluding hydrogens is 271 g/mol. The summed E-state index contributed by atoms with van der Waals surface area (Å²) in [4.78, 5) is 2.25. The zero-order chi connectivity index (χ0) is 13.8. The number of nitrogens with zero attached hydrogens (tertiary/aromatic N) is 1. The monoisotopic (exact) mass is 288 g/mol. The normalized spacial score (nSPS) is 16.6. The number of phenols is 1. The molecule has 0 amide bonds. The molecule has 0 aliphatic carbocycles. The van der Waals surface area contributed by atoms with Crippen molar-refractivity contribution in [2.75, 3.05) is 39.8 Å². The van der Waals surface area contributed by atoms with Crippen LogP contribution in [0.1, 0.15) is 5.56 Å². The van der Waals surface area contributed by atoms with Crippen LogP contribution < -0.4 is 10.1 Å². The van der Waals surface area contributed by atoms with Crippen LogP contribution in [0, 0.1) is 5.82 Å². The topological polar surface area (TPSA) is 44.7 Å². The molecule has 106 valence electrons. The third-order valence-electron chi connectivity index (χ3n) is 3.36. The molecule has 1 aliphatic rings. The van der Waals surface area contributed by atoms with Crippen LogP contribution in [0.5, 0.6) is 11.5 Å². The molecule has 0 saturated carbocycles. The highest BCUT2D eigenvalue weighted by Gasteiger charge is 2.18. The molecule has 0 aromatic heterocycles. The van der Waals surface area contributed by atoms with E-state index in [0.29, 0.717) is 12.0 Å². The molecule has 0 atom stereocenters. The summed E-state index contributed by atoms with van der Waals surface area (Å²) in [5.41, 5.74) is 0.414. The first kappa shape index (κ1) is 14.4. The highest BCUT2D eigenvalue weighted by atomic mass is 35.5. The van der Waals surface area contributed by atoms with Crippen LogP contribution in [0.4, 0.5) is 4.39 Å². The second-order valence-electron chi connectivity index (χ2n) is 4.54. The Labute approximate surface area is 117 Å². The average Bonchev–Trinajstić information content (AvgIpc) is 2.44. The van der Waals surface area contributed by atoms with E-state index in [9.17, 15) is 9.50 Å². The number of rotatable bonds is 4. The number of ether oxygens (including phenoxy) is 1. The molecule has 1 heterocycles. The van der Waals surface area contributed by atoms with Gasteiger partial charge in [-0.1, -0.05) is 11.6 Å². The van der Waals surface area contributed by atoms with Gasteiger partial charge in [0.15, 0.2) is 11.5 Å². The van der Waals surface area contributed by atoms with Crippen LogP contribution in [0.25, 0.3) is 0 Å². The van der Waals surface area contributed by atoms with Crippen molar-refractivity contribution in [3.63, 3.8) is 0 Å². The molecule has 0 bridgehead atoms. The van der Waals surface area contributed by atoms with Gasteiger partial charge in [-0.15, -0.1) is 0 Å². The zero-order valence-corrected chi connectivity index (χ0v) is 11.6. The highest BCUT2D eigenvalue weighted by Crippen LogP contribution is 2.37. The average molecular weight is 289 g/mol. The van der Waals surface area contributed by atoms with Gasteiger partial charge >= 0.3 is 0 Å². The van der Waals surface area contributed by atoms with Crippen LogP contribution in [0.15, 0.2) is 6.07 Å². The lowest BCUT2D eigenvalue weighted by Gasteiger charge is -2.27. The third kappa shape index (κ3) is 3.29. The Morgan fingerprint density at radius 3 is 2.79 bits per heavy atom. The summed E-state index contributed by atoms with van der Waals surface area (Å²) in [6, 6.07) is 1.10. The van der Waals surface area contributed by atoms with Gasteiger partial charge < -0.3 is 20.1 Å². The number of halogens is 2. The van der Waals surface area contributed by atoms with Crippen LogP contribution in [-0.4, -0.2) is 49.8 Å². The van der Waals surface area contributed by atoms with Gasteiger partial charge in [-0.25, -0.2) is 4.39 Å². The van der Waals surface area contributed by atoms with Crippen LogP contribution in [0.3, 0.4) is 0 Å². The number of nitrogens with one attached hydrogen (secondary N) is 1. The number of methoxy groups -OCH3 is 1. The second kappa shape index (κ2) is 6.41. The number of benzene rings is 1. The molecule has 6 heteroatoms. The summed E-state index contributed by atoms with van der Waals surface area (Å²) >= 11 is 5.92. The minimum atomic E-state index is -0.563. The maximum absolute atomic E-state index is 13.6. The number of hydrogen-bond acceptors (Lipinski definition) is 4. The molecule has 1 aromatic carbocycles. The van der Waals surface area contributed by atoms with Gasteiger partial charge in [0, 0.05) is 44.4 Å². The largest absolute Gasteiger partial charge is 0.504 e. The maximum atomic E-state index is 13.6. The fraction of sp³-hybridized carbons (Fsp3) is 0.538. The van der Waals surface area contributed by atoms with E-state index in [4.69, 9.17) is 16.3 Å². The van der Waals surface area contributed by atoms with Gasteiger partial charge in [0.1, 0.15) is 5.82 Å². The van der Waals surface area contributed by atoms with Crippen molar-refractivity contribution in [1.82, 2.24) is 10.2 Å². The Morgan fingerprint density at radius 2 is 2.16 bits per heavy atom. The van der Waals surface area contributed by atoms with Gasteiger partial charge in [-0.3, -0.25) is 0 Å².